The molecule has 4 aromatic rings. The standard InChI is InChI=1S/C25H21OP/c1-20-15-17-21(18-16-20)22-9-8-14-25(19-22)27(24-12-6-3-7-13-24)26-23-10-4-2-5-11-23/h2-19H,1H3. The predicted molar refractivity (Wildman–Crippen MR) is 116 cm³/mol. The summed E-state index contributed by atoms with van der Waals surface area (Å²) in [7, 11) is -0.940. The molecule has 1 nitrogen and oxygen atoms in total. The van der Waals surface area contributed by atoms with E-state index in [9.17, 15) is 0 Å². The molecule has 0 radical (unpaired) electrons. The van der Waals surface area contributed by atoms with Gasteiger partial charge >= 0.3 is 0 Å². The Morgan fingerprint density at radius 1 is 0.556 bits per heavy atom. The van der Waals surface area contributed by atoms with Crippen molar-refractivity contribution in [2.24, 2.45) is 0 Å². The van der Waals surface area contributed by atoms with Gasteiger partial charge in [0.05, 0.1) is 0 Å². The van der Waals surface area contributed by atoms with E-state index in [1.807, 2.05) is 36.4 Å². The van der Waals surface area contributed by atoms with Crippen LogP contribution in [-0.2, 0) is 0 Å². The van der Waals surface area contributed by atoms with Crippen molar-refractivity contribution in [2.45, 2.75) is 6.92 Å². The fourth-order valence-corrected chi connectivity index (χ4v) is 4.72. The first-order valence-electron chi connectivity index (χ1n) is 9.05. The zero-order chi connectivity index (χ0) is 18.5. The summed E-state index contributed by atoms with van der Waals surface area (Å²) >= 11 is 0. The minimum absolute atomic E-state index is 0.896. The summed E-state index contributed by atoms with van der Waals surface area (Å²) in [4.78, 5) is 0. The maximum Gasteiger partial charge on any atom is 0.150 e. The molecule has 0 heterocycles. The molecule has 0 aliphatic rings. The van der Waals surface area contributed by atoms with Crippen molar-refractivity contribution in [1.82, 2.24) is 0 Å². The minimum Gasteiger partial charge on any atom is -0.464 e. The van der Waals surface area contributed by atoms with Gasteiger partial charge in [-0.05, 0) is 36.2 Å². The van der Waals surface area contributed by atoms with Crippen molar-refractivity contribution >= 4 is 18.8 Å². The quantitative estimate of drug-likeness (QED) is 0.387. The number of aryl methyl sites for hydroxylation is 1. The third kappa shape index (κ3) is 4.27. The number of benzene rings is 4. The average Bonchev–Trinajstić information content (AvgIpc) is 2.74. The monoisotopic (exact) mass is 368 g/mol. The van der Waals surface area contributed by atoms with E-state index in [4.69, 9.17) is 4.52 Å². The van der Waals surface area contributed by atoms with Crippen LogP contribution in [0, 0.1) is 6.92 Å². The first kappa shape index (κ1) is 17.5. The molecule has 27 heavy (non-hydrogen) atoms. The normalized spacial score (nSPS) is 11.7. The van der Waals surface area contributed by atoms with Gasteiger partial charge < -0.3 is 4.52 Å². The lowest BCUT2D eigenvalue weighted by Crippen LogP contribution is -2.15. The molecule has 0 amide bonds. The summed E-state index contributed by atoms with van der Waals surface area (Å²) < 4.78 is 6.46. The SMILES string of the molecule is Cc1ccc(-c2cccc(P(Oc3ccccc3)c3ccccc3)c2)cc1. The molecule has 0 saturated carbocycles. The number of hydrogen-bond acceptors (Lipinski definition) is 1. The van der Waals surface area contributed by atoms with E-state index in [1.165, 1.54) is 27.3 Å². The van der Waals surface area contributed by atoms with Crippen molar-refractivity contribution in [3.05, 3.63) is 115 Å². The molecule has 0 fully saturated rings. The molecule has 0 N–H and O–H groups in total. The van der Waals surface area contributed by atoms with E-state index in [0.717, 1.165) is 5.75 Å². The smallest absolute Gasteiger partial charge is 0.150 e. The van der Waals surface area contributed by atoms with Gasteiger partial charge in [0.2, 0.25) is 0 Å². The summed E-state index contributed by atoms with van der Waals surface area (Å²) in [6.07, 6.45) is 0. The zero-order valence-electron chi connectivity index (χ0n) is 15.2. The van der Waals surface area contributed by atoms with Gasteiger partial charge in [0.25, 0.3) is 0 Å². The fourth-order valence-electron chi connectivity index (χ4n) is 2.96. The highest BCUT2D eigenvalue weighted by Gasteiger charge is 2.17. The molecule has 0 aliphatic carbocycles. The van der Waals surface area contributed by atoms with E-state index < -0.39 is 8.15 Å². The lowest BCUT2D eigenvalue weighted by Gasteiger charge is -2.20. The van der Waals surface area contributed by atoms with Gasteiger partial charge in [-0.15, -0.1) is 0 Å². The largest absolute Gasteiger partial charge is 0.464 e. The van der Waals surface area contributed by atoms with Crippen LogP contribution in [0.1, 0.15) is 5.56 Å². The van der Waals surface area contributed by atoms with Crippen LogP contribution in [0.15, 0.2) is 109 Å². The van der Waals surface area contributed by atoms with Gasteiger partial charge in [-0.3, -0.25) is 0 Å². The Hall–Kier alpha value is -2.89. The Balaban J connectivity index is 1.73. The van der Waals surface area contributed by atoms with Gasteiger partial charge in [0.15, 0.2) is 8.15 Å². The van der Waals surface area contributed by atoms with Crippen LogP contribution in [-0.4, -0.2) is 0 Å². The van der Waals surface area contributed by atoms with Crippen molar-refractivity contribution in [3.63, 3.8) is 0 Å². The first-order chi connectivity index (χ1) is 13.3. The molecule has 1 atom stereocenters. The lowest BCUT2D eigenvalue weighted by molar-refractivity contribution is 0.630. The number of para-hydroxylation sites is 1. The van der Waals surface area contributed by atoms with Gasteiger partial charge in [0.1, 0.15) is 5.75 Å². The van der Waals surface area contributed by atoms with E-state index in [0.29, 0.717) is 0 Å². The van der Waals surface area contributed by atoms with Crippen molar-refractivity contribution < 1.29 is 4.52 Å². The first-order valence-corrected chi connectivity index (χ1v) is 10.3. The Morgan fingerprint density at radius 2 is 1.19 bits per heavy atom. The van der Waals surface area contributed by atoms with Crippen molar-refractivity contribution in [2.75, 3.05) is 0 Å². The molecule has 0 aromatic heterocycles. The zero-order valence-corrected chi connectivity index (χ0v) is 16.1. The third-order valence-corrected chi connectivity index (χ3v) is 6.30. The maximum absolute atomic E-state index is 6.46. The summed E-state index contributed by atoms with van der Waals surface area (Å²) in [5.74, 6) is 0.896. The van der Waals surface area contributed by atoms with Crippen LogP contribution in [0.25, 0.3) is 11.1 Å². The molecule has 0 spiro atoms. The van der Waals surface area contributed by atoms with Gasteiger partial charge in [-0.2, -0.15) is 0 Å². The van der Waals surface area contributed by atoms with E-state index in [1.54, 1.807) is 0 Å². The van der Waals surface area contributed by atoms with E-state index in [-0.39, 0.29) is 0 Å². The van der Waals surface area contributed by atoms with Crippen LogP contribution in [0.3, 0.4) is 0 Å². The molecule has 4 rings (SSSR count). The van der Waals surface area contributed by atoms with Crippen LogP contribution >= 0.6 is 8.15 Å². The molecule has 0 saturated heterocycles. The van der Waals surface area contributed by atoms with E-state index >= 15 is 0 Å². The van der Waals surface area contributed by atoms with Gasteiger partial charge in [-0.25, -0.2) is 0 Å². The second-order valence-corrected chi connectivity index (χ2v) is 8.25. The van der Waals surface area contributed by atoms with Crippen molar-refractivity contribution in [1.29, 1.82) is 0 Å². The molecule has 132 valence electrons. The van der Waals surface area contributed by atoms with Crippen molar-refractivity contribution in [3.8, 4) is 16.9 Å². The molecule has 0 bridgehead atoms. The molecule has 1 unspecified atom stereocenters. The summed E-state index contributed by atoms with van der Waals surface area (Å²) in [6, 6.07) is 37.9. The highest BCUT2D eigenvalue weighted by atomic mass is 31.1. The number of hydrogen-bond donors (Lipinski definition) is 0. The fraction of sp³-hybridized carbons (Fsp3) is 0.0400. The average molecular weight is 368 g/mol. The van der Waals surface area contributed by atoms with Crippen LogP contribution in [0.5, 0.6) is 5.75 Å². The van der Waals surface area contributed by atoms with Crippen LogP contribution in [0.2, 0.25) is 0 Å². The summed E-state index contributed by atoms with van der Waals surface area (Å²) in [6.45, 7) is 2.11. The minimum atomic E-state index is -0.940. The van der Waals surface area contributed by atoms with Crippen LogP contribution < -0.4 is 15.1 Å². The maximum atomic E-state index is 6.46. The second kappa shape index (κ2) is 8.20. The lowest BCUT2D eigenvalue weighted by atomic mass is 10.0. The molecule has 2 heteroatoms. The summed E-state index contributed by atoms with van der Waals surface area (Å²) in [5.41, 5.74) is 3.71. The van der Waals surface area contributed by atoms with Crippen LogP contribution in [0.4, 0.5) is 0 Å². The Bertz CT molecular complexity index is 995. The highest BCUT2D eigenvalue weighted by molar-refractivity contribution is 7.68. The van der Waals surface area contributed by atoms with E-state index in [2.05, 4.69) is 79.7 Å². The Labute approximate surface area is 162 Å². The number of rotatable bonds is 5. The Kier molecular flexibility index (Phi) is 5.32. The van der Waals surface area contributed by atoms with Gasteiger partial charge in [-0.1, -0.05) is 96.6 Å². The third-order valence-electron chi connectivity index (χ3n) is 4.40. The predicted octanol–water partition coefficient (Wildman–Crippen LogP) is 6.09. The Morgan fingerprint density at radius 3 is 1.89 bits per heavy atom. The molecule has 4 aromatic carbocycles. The second-order valence-electron chi connectivity index (χ2n) is 6.45. The summed E-state index contributed by atoms with van der Waals surface area (Å²) in [5, 5.41) is 2.41. The highest BCUT2D eigenvalue weighted by Crippen LogP contribution is 2.37. The van der Waals surface area contributed by atoms with Gasteiger partial charge in [0, 0.05) is 10.6 Å². The molecule has 0 aliphatic heterocycles. The topological polar surface area (TPSA) is 9.23 Å². The molecular formula is C25H21OP. The molecular weight excluding hydrogens is 347 g/mol.